The number of hydrogen-bond acceptors (Lipinski definition) is 3. The molecule has 0 saturated carbocycles. The molecule has 2 unspecified atom stereocenters. The van der Waals surface area contributed by atoms with Crippen LogP contribution in [0.2, 0.25) is 5.02 Å². The highest BCUT2D eigenvalue weighted by molar-refractivity contribution is 6.33. The van der Waals surface area contributed by atoms with Crippen LogP contribution in [0, 0.1) is 0 Å². The van der Waals surface area contributed by atoms with E-state index >= 15 is 0 Å². The molecule has 5 heteroatoms. The molecule has 0 bridgehead atoms. The van der Waals surface area contributed by atoms with Gasteiger partial charge < -0.3 is 16.0 Å². The monoisotopic (exact) mass is 309 g/mol. The number of benzene rings is 1. The Labute approximate surface area is 131 Å². The fourth-order valence-corrected chi connectivity index (χ4v) is 3.03. The van der Waals surface area contributed by atoms with Crippen LogP contribution in [0.4, 0.5) is 5.69 Å². The second-order valence-electron chi connectivity index (χ2n) is 5.64. The first-order chi connectivity index (χ1) is 10.1. The summed E-state index contributed by atoms with van der Waals surface area (Å²) >= 11 is 6.25. The lowest BCUT2D eigenvalue weighted by molar-refractivity contribution is -0.123. The van der Waals surface area contributed by atoms with Crippen molar-refractivity contribution in [2.75, 3.05) is 18.0 Å². The summed E-state index contributed by atoms with van der Waals surface area (Å²) in [6.07, 6.45) is 3.68. The van der Waals surface area contributed by atoms with Gasteiger partial charge in [-0.3, -0.25) is 4.79 Å². The van der Waals surface area contributed by atoms with Gasteiger partial charge >= 0.3 is 0 Å². The zero-order valence-corrected chi connectivity index (χ0v) is 13.3. The van der Waals surface area contributed by atoms with Crippen LogP contribution in [-0.2, 0) is 4.79 Å². The van der Waals surface area contributed by atoms with E-state index < -0.39 is 6.04 Å². The normalized spacial score (nSPS) is 20.1. The van der Waals surface area contributed by atoms with Crippen molar-refractivity contribution in [1.82, 2.24) is 5.32 Å². The Morgan fingerprint density at radius 2 is 2.29 bits per heavy atom. The van der Waals surface area contributed by atoms with Gasteiger partial charge in [0.25, 0.3) is 0 Å². The van der Waals surface area contributed by atoms with E-state index in [2.05, 4.69) is 10.2 Å². The van der Waals surface area contributed by atoms with E-state index in [1.807, 2.05) is 31.2 Å². The molecule has 116 valence electrons. The Balaban J connectivity index is 1.95. The summed E-state index contributed by atoms with van der Waals surface area (Å²) in [5.41, 5.74) is 6.91. The summed E-state index contributed by atoms with van der Waals surface area (Å²) in [6, 6.07) is 7.58. The van der Waals surface area contributed by atoms with Gasteiger partial charge in [0.05, 0.1) is 16.8 Å². The molecule has 21 heavy (non-hydrogen) atoms. The Hall–Kier alpha value is -1.26. The van der Waals surface area contributed by atoms with Gasteiger partial charge in [0.1, 0.15) is 0 Å². The molecular weight excluding hydrogens is 286 g/mol. The number of nitrogens with one attached hydrogen (secondary N) is 1. The molecule has 0 aliphatic carbocycles. The van der Waals surface area contributed by atoms with Crippen LogP contribution in [0.3, 0.4) is 0 Å². The molecule has 0 spiro atoms. The lowest BCUT2D eigenvalue weighted by Crippen LogP contribution is -2.52. The highest BCUT2D eigenvalue weighted by Gasteiger charge is 2.24. The average Bonchev–Trinajstić information content (AvgIpc) is 2.48. The molecule has 1 aliphatic heterocycles. The minimum absolute atomic E-state index is 0.0390. The standard InChI is InChI=1S/C16H24ClN3O/c1-2-6-14(18)16(21)19-12-7-5-10-20(11-12)15-9-4-3-8-13(15)17/h3-4,8-9,12,14H,2,5-7,10-11,18H2,1H3,(H,19,21). The van der Waals surface area contributed by atoms with Crippen molar-refractivity contribution in [2.24, 2.45) is 5.73 Å². The molecule has 1 aromatic rings. The Kier molecular flexibility index (Phi) is 5.88. The summed E-state index contributed by atoms with van der Waals surface area (Å²) in [5, 5.41) is 3.83. The van der Waals surface area contributed by atoms with Crippen molar-refractivity contribution in [2.45, 2.75) is 44.7 Å². The van der Waals surface area contributed by atoms with Crippen LogP contribution in [-0.4, -0.2) is 31.1 Å². The van der Waals surface area contributed by atoms with E-state index in [4.69, 9.17) is 17.3 Å². The molecular formula is C16H24ClN3O. The summed E-state index contributed by atoms with van der Waals surface area (Å²) < 4.78 is 0. The molecule has 1 heterocycles. The van der Waals surface area contributed by atoms with Crippen LogP contribution >= 0.6 is 11.6 Å². The molecule has 2 atom stereocenters. The largest absolute Gasteiger partial charge is 0.368 e. The molecule has 2 rings (SSSR count). The first-order valence-electron chi connectivity index (χ1n) is 7.67. The number of hydrogen-bond donors (Lipinski definition) is 2. The number of para-hydroxylation sites is 1. The number of amides is 1. The maximum Gasteiger partial charge on any atom is 0.237 e. The third-order valence-corrected chi connectivity index (χ3v) is 4.22. The van der Waals surface area contributed by atoms with Crippen LogP contribution in [0.5, 0.6) is 0 Å². The van der Waals surface area contributed by atoms with Crippen molar-refractivity contribution in [3.63, 3.8) is 0 Å². The van der Waals surface area contributed by atoms with Gasteiger partial charge in [-0.2, -0.15) is 0 Å². The third kappa shape index (κ3) is 4.35. The van der Waals surface area contributed by atoms with Gasteiger partial charge in [-0.1, -0.05) is 37.1 Å². The predicted octanol–water partition coefficient (Wildman–Crippen LogP) is 2.55. The molecule has 0 radical (unpaired) electrons. The Morgan fingerprint density at radius 1 is 1.52 bits per heavy atom. The zero-order chi connectivity index (χ0) is 15.2. The van der Waals surface area contributed by atoms with Gasteiger partial charge in [-0.25, -0.2) is 0 Å². The minimum atomic E-state index is -0.398. The average molecular weight is 310 g/mol. The van der Waals surface area contributed by atoms with E-state index in [9.17, 15) is 4.79 Å². The van der Waals surface area contributed by atoms with E-state index in [0.717, 1.165) is 49.5 Å². The first kappa shape index (κ1) is 16.1. The fourth-order valence-electron chi connectivity index (χ4n) is 2.77. The van der Waals surface area contributed by atoms with Crippen LogP contribution < -0.4 is 16.0 Å². The molecule has 3 N–H and O–H groups in total. The maximum atomic E-state index is 12.0. The van der Waals surface area contributed by atoms with Gasteiger partial charge in [0.15, 0.2) is 0 Å². The molecule has 1 aromatic carbocycles. The van der Waals surface area contributed by atoms with Crippen molar-refractivity contribution >= 4 is 23.2 Å². The Bertz CT molecular complexity index is 480. The predicted molar refractivity (Wildman–Crippen MR) is 87.7 cm³/mol. The quantitative estimate of drug-likeness (QED) is 0.879. The number of carbonyl (C=O) groups excluding carboxylic acids is 1. The van der Waals surface area contributed by atoms with E-state index in [0.29, 0.717) is 0 Å². The van der Waals surface area contributed by atoms with Gasteiger partial charge in [0.2, 0.25) is 5.91 Å². The van der Waals surface area contributed by atoms with E-state index in [1.54, 1.807) is 0 Å². The lowest BCUT2D eigenvalue weighted by Gasteiger charge is -2.35. The molecule has 1 amide bonds. The van der Waals surface area contributed by atoms with Crippen LogP contribution in [0.15, 0.2) is 24.3 Å². The Morgan fingerprint density at radius 3 is 3.00 bits per heavy atom. The van der Waals surface area contributed by atoms with Crippen molar-refractivity contribution in [3.05, 3.63) is 29.3 Å². The molecule has 1 saturated heterocycles. The number of halogens is 1. The second-order valence-corrected chi connectivity index (χ2v) is 6.05. The van der Waals surface area contributed by atoms with E-state index in [-0.39, 0.29) is 11.9 Å². The van der Waals surface area contributed by atoms with Crippen LogP contribution in [0.25, 0.3) is 0 Å². The lowest BCUT2D eigenvalue weighted by atomic mass is 10.0. The topological polar surface area (TPSA) is 58.4 Å². The third-order valence-electron chi connectivity index (χ3n) is 3.90. The molecule has 0 aromatic heterocycles. The first-order valence-corrected chi connectivity index (χ1v) is 8.05. The molecule has 4 nitrogen and oxygen atoms in total. The zero-order valence-electron chi connectivity index (χ0n) is 12.5. The summed E-state index contributed by atoms with van der Waals surface area (Å²) in [5.74, 6) is -0.0390. The van der Waals surface area contributed by atoms with Crippen molar-refractivity contribution in [3.8, 4) is 0 Å². The number of carbonyl (C=O) groups is 1. The minimum Gasteiger partial charge on any atom is -0.368 e. The number of nitrogens with two attached hydrogens (primary N) is 1. The van der Waals surface area contributed by atoms with Crippen molar-refractivity contribution < 1.29 is 4.79 Å². The number of nitrogens with zero attached hydrogens (tertiary/aromatic N) is 1. The number of piperidine rings is 1. The van der Waals surface area contributed by atoms with Crippen molar-refractivity contribution in [1.29, 1.82) is 0 Å². The highest BCUT2D eigenvalue weighted by atomic mass is 35.5. The molecule has 1 aliphatic rings. The van der Waals surface area contributed by atoms with Gasteiger partial charge in [0, 0.05) is 19.1 Å². The van der Waals surface area contributed by atoms with Crippen LogP contribution in [0.1, 0.15) is 32.6 Å². The summed E-state index contributed by atoms with van der Waals surface area (Å²) in [6.45, 7) is 3.79. The fraction of sp³-hybridized carbons (Fsp3) is 0.562. The summed E-state index contributed by atoms with van der Waals surface area (Å²) in [7, 11) is 0. The highest BCUT2D eigenvalue weighted by Crippen LogP contribution is 2.27. The number of anilines is 1. The smallest absolute Gasteiger partial charge is 0.237 e. The number of rotatable bonds is 5. The summed E-state index contributed by atoms with van der Waals surface area (Å²) in [4.78, 5) is 14.3. The maximum absolute atomic E-state index is 12.0. The molecule has 1 fully saturated rings. The van der Waals surface area contributed by atoms with E-state index in [1.165, 1.54) is 0 Å². The SMILES string of the molecule is CCCC(N)C(=O)NC1CCCN(c2ccccc2Cl)C1. The van der Waals surface area contributed by atoms with Gasteiger partial charge in [-0.05, 0) is 31.4 Å². The van der Waals surface area contributed by atoms with Gasteiger partial charge in [-0.15, -0.1) is 0 Å². The second kappa shape index (κ2) is 7.66.